The minimum Gasteiger partial charge on any atom is -0.493 e. The van der Waals surface area contributed by atoms with Crippen LogP contribution in [0.5, 0.6) is 11.5 Å². The molecule has 0 saturated heterocycles. The Labute approximate surface area is 156 Å². The molecule has 5 heteroatoms. The molecule has 0 N–H and O–H groups in total. The molecule has 2 aromatic rings. The number of benzene rings is 1. The highest BCUT2D eigenvalue weighted by atomic mass is 16.5. The molecule has 1 heterocycles. The van der Waals surface area contributed by atoms with Gasteiger partial charge >= 0.3 is 0 Å². The molecule has 1 aromatic carbocycles. The van der Waals surface area contributed by atoms with Crippen LogP contribution in [-0.4, -0.2) is 43.6 Å². The zero-order valence-corrected chi connectivity index (χ0v) is 16.1. The number of amides is 1. The van der Waals surface area contributed by atoms with Crippen molar-refractivity contribution < 1.29 is 14.3 Å². The number of ether oxygens (including phenoxy) is 2. The second-order valence-electron chi connectivity index (χ2n) is 6.52. The van der Waals surface area contributed by atoms with E-state index in [0.717, 1.165) is 36.4 Å². The highest BCUT2D eigenvalue weighted by Gasteiger charge is 2.17. The van der Waals surface area contributed by atoms with Gasteiger partial charge in [-0.2, -0.15) is 0 Å². The van der Waals surface area contributed by atoms with Gasteiger partial charge in [0.2, 0.25) is 5.91 Å². The first-order valence-corrected chi connectivity index (χ1v) is 8.90. The van der Waals surface area contributed by atoms with Crippen molar-refractivity contribution in [1.82, 2.24) is 9.88 Å². The van der Waals surface area contributed by atoms with E-state index in [1.165, 1.54) is 5.56 Å². The number of carbonyl (C=O) groups is 1. The Morgan fingerprint density at radius 3 is 2.58 bits per heavy atom. The smallest absolute Gasteiger partial charge is 0.225 e. The summed E-state index contributed by atoms with van der Waals surface area (Å²) in [5, 5.41) is 0. The Morgan fingerprint density at radius 1 is 1.15 bits per heavy atom. The van der Waals surface area contributed by atoms with Crippen LogP contribution in [0.15, 0.2) is 42.7 Å². The molecule has 1 unspecified atom stereocenters. The van der Waals surface area contributed by atoms with Crippen LogP contribution >= 0.6 is 0 Å². The molecule has 0 saturated carbocycles. The van der Waals surface area contributed by atoms with Crippen LogP contribution in [0, 0.1) is 5.92 Å². The average Bonchev–Trinajstić information content (AvgIpc) is 2.67. The first kappa shape index (κ1) is 19.8. The molecule has 0 aliphatic rings. The Balaban J connectivity index is 1.82. The Kier molecular flexibility index (Phi) is 7.45. The number of nitrogens with zero attached hydrogens (tertiary/aromatic N) is 2. The molecule has 0 bridgehead atoms. The molecule has 0 aliphatic carbocycles. The van der Waals surface area contributed by atoms with Crippen LogP contribution in [0.2, 0.25) is 0 Å². The van der Waals surface area contributed by atoms with Gasteiger partial charge in [-0.05, 0) is 48.6 Å². The van der Waals surface area contributed by atoms with E-state index in [-0.39, 0.29) is 11.8 Å². The summed E-state index contributed by atoms with van der Waals surface area (Å²) >= 11 is 0. The summed E-state index contributed by atoms with van der Waals surface area (Å²) in [4.78, 5) is 18.5. The van der Waals surface area contributed by atoms with Gasteiger partial charge in [-0.3, -0.25) is 9.78 Å². The fourth-order valence-corrected chi connectivity index (χ4v) is 3.00. The number of hydrogen-bond acceptors (Lipinski definition) is 4. The normalized spacial score (nSPS) is 11.7. The van der Waals surface area contributed by atoms with Gasteiger partial charge in [0.25, 0.3) is 0 Å². The number of methoxy groups -OCH3 is 2. The molecule has 0 spiro atoms. The van der Waals surface area contributed by atoms with Crippen LogP contribution in [0.4, 0.5) is 0 Å². The van der Waals surface area contributed by atoms with Crippen molar-refractivity contribution in [3.05, 3.63) is 53.9 Å². The van der Waals surface area contributed by atoms with E-state index in [4.69, 9.17) is 9.47 Å². The molecule has 1 aromatic heterocycles. The predicted molar refractivity (Wildman–Crippen MR) is 103 cm³/mol. The summed E-state index contributed by atoms with van der Waals surface area (Å²) in [6.07, 6.45) is 6.07. The van der Waals surface area contributed by atoms with Crippen molar-refractivity contribution in [2.45, 2.75) is 26.2 Å². The van der Waals surface area contributed by atoms with Gasteiger partial charge in [-0.25, -0.2) is 0 Å². The van der Waals surface area contributed by atoms with E-state index in [2.05, 4.69) is 4.98 Å². The van der Waals surface area contributed by atoms with E-state index in [1.54, 1.807) is 20.4 Å². The van der Waals surface area contributed by atoms with Crippen LogP contribution in [0.3, 0.4) is 0 Å². The van der Waals surface area contributed by atoms with Crippen LogP contribution < -0.4 is 9.47 Å². The third kappa shape index (κ3) is 5.48. The highest BCUT2D eigenvalue weighted by Crippen LogP contribution is 2.28. The van der Waals surface area contributed by atoms with Crippen molar-refractivity contribution in [1.29, 1.82) is 0 Å². The Morgan fingerprint density at radius 2 is 1.92 bits per heavy atom. The number of pyridine rings is 1. The van der Waals surface area contributed by atoms with Crippen molar-refractivity contribution in [2.75, 3.05) is 27.8 Å². The first-order chi connectivity index (χ1) is 12.5. The van der Waals surface area contributed by atoms with E-state index < -0.39 is 0 Å². The summed E-state index contributed by atoms with van der Waals surface area (Å²) in [7, 11) is 5.14. The second-order valence-corrected chi connectivity index (χ2v) is 6.52. The quantitative estimate of drug-likeness (QED) is 0.691. The average molecular weight is 356 g/mol. The molecule has 0 aliphatic heterocycles. The maximum Gasteiger partial charge on any atom is 0.225 e. The lowest BCUT2D eigenvalue weighted by Gasteiger charge is -2.21. The Bertz CT molecular complexity index is 704. The van der Waals surface area contributed by atoms with Gasteiger partial charge in [0.1, 0.15) is 0 Å². The third-order valence-electron chi connectivity index (χ3n) is 4.47. The lowest BCUT2D eigenvalue weighted by Crippen LogP contribution is -2.33. The molecule has 2 rings (SSSR count). The van der Waals surface area contributed by atoms with Crippen molar-refractivity contribution in [3.8, 4) is 11.5 Å². The molecule has 5 nitrogen and oxygen atoms in total. The summed E-state index contributed by atoms with van der Waals surface area (Å²) in [6, 6.07) is 9.85. The lowest BCUT2D eigenvalue weighted by molar-refractivity contribution is -0.133. The zero-order valence-electron chi connectivity index (χ0n) is 16.1. The van der Waals surface area contributed by atoms with Crippen LogP contribution in [0.1, 0.15) is 24.5 Å². The van der Waals surface area contributed by atoms with Crippen LogP contribution in [-0.2, 0) is 17.6 Å². The SMILES string of the molecule is COc1ccc(CCCN(C)C(=O)C(C)Cc2cccnc2)cc1OC. The van der Waals surface area contributed by atoms with Crippen molar-refractivity contribution >= 4 is 5.91 Å². The van der Waals surface area contributed by atoms with E-state index in [9.17, 15) is 4.79 Å². The first-order valence-electron chi connectivity index (χ1n) is 8.90. The Hall–Kier alpha value is -2.56. The van der Waals surface area contributed by atoms with Gasteiger partial charge in [0.05, 0.1) is 14.2 Å². The number of rotatable bonds is 9. The molecule has 0 radical (unpaired) electrons. The molecule has 140 valence electrons. The molecule has 1 atom stereocenters. The van der Waals surface area contributed by atoms with Gasteiger partial charge in [0, 0.05) is 31.9 Å². The van der Waals surface area contributed by atoms with Crippen molar-refractivity contribution in [3.63, 3.8) is 0 Å². The van der Waals surface area contributed by atoms with Crippen LogP contribution in [0.25, 0.3) is 0 Å². The van der Waals surface area contributed by atoms with Gasteiger partial charge < -0.3 is 14.4 Å². The number of aromatic nitrogens is 1. The summed E-state index contributed by atoms with van der Waals surface area (Å²) in [6.45, 7) is 2.70. The zero-order chi connectivity index (χ0) is 18.9. The third-order valence-corrected chi connectivity index (χ3v) is 4.47. The largest absolute Gasteiger partial charge is 0.493 e. The van der Waals surface area contributed by atoms with Crippen molar-refractivity contribution in [2.24, 2.45) is 5.92 Å². The topological polar surface area (TPSA) is 51.7 Å². The molecular weight excluding hydrogens is 328 g/mol. The maximum atomic E-state index is 12.5. The van der Waals surface area contributed by atoms with Gasteiger partial charge in [-0.15, -0.1) is 0 Å². The van der Waals surface area contributed by atoms with E-state index >= 15 is 0 Å². The summed E-state index contributed by atoms with van der Waals surface area (Å²) in [5.41, 5.74) is 2.26. The predicted octanol–water partition coefficient (Wildman–Crippen LogP) is 3.37. The lowest BCUT2D eigenvalue weighted by atomic mass is 10.0. The minimum absolute atomic E-state index is 0.0507. The molecular formula is C21H28N2O3. The van der Waals surface area contributed by atoms with E-state index in [0.29, 0.717) is 6.42 Å². The second kappa shape index (κ2) is 9.80. The summed E-state index contributed by atoms with van der Waals surface area (Å²) < 4.78 is 10.6. The summed E-state index contributed by atoms with van der Waals surface area (Å²) in [5.74, 6) is 1.58. The number of hydrogen-bond donors (Lipinski definition) is 0. The highest BCUT2D eigenvalue weighted by molar-refractivity contribution is 5.78. The molecule has 26 heavy (non-hydrogen) atoms. The molecule has 0 fully saturated rings. The minimum atomic E-state index is -0.0507. The van der Waals surface area contributed by atoms with Gasteiger partial charge in [0.15, 0.2) is 11.5 Å². The molecule has 1 amide bonds. The number of aryl methyl sites for hydroxylation is 1. The maximum absolute atomic E-state index is 12.5. The van der Waals surface area contributed by atoms with E-state index in [1.807, 2.05) is 55.4 Å². The fraction of sp³-hybridized carbons (Fsp3) is 0.429. The standard InChI is InChI=1S/C21H28N2O3/c1-16(13-18-7-5-11-22-15-18)21(24)23(2)12-6-8-17-9-10-19(25-3)20(14-17)26-4/h5,7,9-11,14-16H,6,8,12-13H2,1-4H3. The monoisotopic (exact) mass is 356 g/mol. The fourth-order valence-electron chi connectivity index (χ4n) is 3.00. The number of carbonyl (C=O) groups excluding carboxylic acids is 1. The van der Waals surface area contributed by atoms with Gasteiger partial charge in [-0.1, -0.05) is 19.1 Å².